The van der Waals surface area contributed by atoms with Gasteiger partial charge < -0.3 is 14.8 Å². The fourth-order valence-corrected chi connectivity index (χ4v) is 2.53. The molecule has 136 valence electrons. The van der Waals surface area contributed by atoms with Gasteiger partial charge in [-0.05, 0) is 12.1 Å². The van der Waals surface area contributed by atoms with Gasteiger partial charge in [0.15, 0.2) is 17.3 Å². The fraction of sp³-hybridized carbons (Fsp3) is 0.125. The zero-order valence-corrected chi connectivity index (χ0v) is 13.7. The van der Waals surface area contributed by atoms with Crippen LogP contribution in [-0.2, 0) is 0 Å². The second kappa shape index (κ2) is 6.71. The summed E-state index contributed by atoms with van der Waals surface area (Å²) in [5.74, 6) is 0.379. The van der Waals surface area contributed by atoms with E-state index in [9.17, 15) is 14.9 Å². The summed E-state index contributed by atoms with van der Waals surface area (Å²) in [7, 11) is 0. The number of carbonyl (C=O) groups is 1. The van der Waals surface area contributed by atoms with Crippen LogP contribution in [0.1, 0.15) is 10.4 Å². The summed E-state index contributed by atoms with van der Waals surface area (Å²) in [6.07, 6.45) is 4.27. The largest absolute Gasteiger partial charge is 0.486 e. The summed E-state index contributed by atoms with van der Waals surface area (Å²) < 4.78 is 12.2. The van der Waals surface area contributed by atoms with Gasteiger partial charge in [-0.25, -0.2) is 14.6 Å². The van der Waals surface area contributed by atoms with Crippen molar-refractivity contribution in [3.05, 3.63) is 58.8 Å². The van der Waals surface area contributed by atoms with E-state index in [1.807, 2.05) is 0 Å². The van der Waals surface area contributed by atoms with E-state index in [2.05, 4.69) is 20.4 Å². The van der Waals surface area contributed by atoms with Crippen molar-refractivity contribution in [2.24, 2.45) is 0 Å². The molecule has 1 aliphatic rings. The highest BCUT2D eigenvalue weighted by molar-refractivity contribution is 6.07. The van der Waals surface area contributed by atoms with Gasteiger partial charge >= 0.3 is 0 Å². The lowest BCUT2D eigenvalue weighted by atomic mass is 10.1. The lowest BCUT2D eigenvalue weighted by Gasteiger charge is -2.18. The first kappa shape index (κ1) is 16.4. The molecule has 1 aliphatic heterocycles. The molecule has 3 heterocycles. The topological polar surface area (TPSA) is 134 Å². The Morgan fingerprint density at radius 1 is 1.22 bits per heavy atom. The maximum Gasteiger partial charge on any atom is 0.286 e. The van der Waals surface area contributed by atoms with E-state index >= 15 is 0 Å². The van der Waals surface area contributed by atoms with Crippen LogP contribution < -0.4 is 14.8 Å². The van der Waals surface area contributed by atoms with Crippen LogP contribution in [0.2, 0.25) is 0 Å². The summed E-state index contributed by atoms with van der Waals surface area (Å²) >= 11 is 0. The molecule has 0 spiro atoms. The third-order valence-corrected chi connectivity index (χ3v) is 3.76. The van der Waals surface area contributed by atoms with Crippen LogP contribution in [0.3, 0.4) is 0 Å². The minimum absolute atomic E-state index is 0.135. The molecule has 4 rings (SSSR count). The van der Waals surface area contributed by atoms with Crippen LogP contribution in [-0.4, -0.2) is 43.8 Å². The molecule has 0 bridgehead atoms. The van der Waals surface area contributed by atoms with Gasteiger partial charge in [0.2, 0.25) is 0 Å². The summed E-state index contributed by atoms with van der Waals surface area (Å²) in [5.41, 5.74) is -0.137. The van der Waals surface area contributed by atoms with Crippen molar-refractivity contribution in [2.75, 3.05) is 18.5 Å². The first-order chi connectivity index (χ1) is 13.1. The molecule has 0 fully saturated rings. The highest BCUT2D eigenvalue weighted by Gasteiger charge is 2.26. The Morgan fingerprint density at radius 2 is 2.00 bits per heavy atom. The number of benzene rings is 1. The molecule has 2 aromatic heterocycles. The molecule has 0 aliphatic carbocycles. The van der Waals surface area contributed by atoms with Crippen LogP contribution in [0.5, 0.6) is 11.5 Å². The molecule has 11 heteroatoms. The number of carbonyl (C=O) groups excluding carboxylic acids is 1. The minimum atomic E-state index is -0.658. The van der Waals surface area contributed by atoms with Crippen molar-refractivity contribution < 1.29 is 19.2 Å². The van der Waals surface area contributed by atoms with Crippen molar-refractivity contribution in [3.63, 3.8) is 0 Å². The highest BCUT2D eigenvalue weighted by Crippen LogP contribution is 2.36. The number of ether oxygens (including phenoxy) is 2. The number of amides is 1. The quantitative estimate of drug-likeness (QED) is 0.542. The number of nitrogens with one attached hydrogen (secondary N) is 1. The van der Waals surface area contributed by atoms with Crippen molar-refractivity contribution in [3.8, 4) is 17.3 Å². The number of rotatable bonds is 4. The van der Waals surface area contributed by atoms with E-state index in [-0.39, 0.29) is 22.7 Å². The van der Waals surface area contributed by atoms with E-state index in [1.54, 1.807) is 12.1 Å². The molecule has 3 aromatic rings. The molecule has 0 radical (unpaired) electrons. The molecule has 1 N–H and O–H groups in total. The van der Waals surface area contributed by atoms with Gasteiger partial charge in [0.1, 0.15) is 31.4 Å². The first-order valence-corrected chi connectivity index (χ1v) is 7.82. The number of pyridine rings is 1. The number of nitro groups is 1. The minimum Gasteiger partial charge on any atom is -0.486 e. The van der Waals surface area contributed by atoms with Crippen LogP contribution in [0.15, 0.2) is 43.1 Å². The Hall–Kier alpha value is -4.02. The number of nitro benzene ring substituents is 1. The number of fused-ring (bicyclic) bond motifs is 1. The van der Waals surface area contributed by atoms with Gasteiger partial charge in [0, 0.05) is 6.07 Å². The van der Waals surface area contributed by atoms with E-state index in [0.29, 0.717) is 24.7 Å². The lowest BCUT2D eigenvalue weighted by molar-refractivity contribution is -0.385. The normalized spacial score (nSPS) is 12.4. The van der Waals surface area contributed by atoms with Crippen LogP contribution in [0, 0.1) is 10.1 Å². The van der Waals surface area contributed by atoms with E-state index in [0.717, 1.165) is 0 Å². The Kier molecular flexibility index (Phi) is 4.09. The van der Waals surface area contributed by atoms with E-state index < -0.39 is 10.8 Å². The highest BCUT2D eigenvalue weighted by atomic mass is 16.6. The van der Waals surface area contributed by atoms with Crippen molar-refractivity contribution >= 4 is 17.3 Å². The summed E-state index contributed by atoms with van der Waals surface area (Å²) in [6.45, 7) is 0.596. The first-order valence-electron chi connectivity index (χ1n) is 7.82. The van der Waals surface area contributed by atoms with Crippen molar-refractivity contribution in [2.45, 2.75) is 0 Å². The molecule has 0 atom stereocenters. The Balaban J connectivity index is 1.60. The maximum atomic E-state index is 12.6. The molecular formula is C16H12N6O5. The van der Waals surface area contributed by atoms with Gasteiger partial charge in [0.25, 0.3) is 11.6 Å². The third kappa shape index (κ3) is 3.25. The molecule has 11 nitrogen and oxygen atoms in total. The number of hydrogen-bond donors (Lipinski definition) is 1. The molecular weight excluding hydrogens is 356 g/mol. The monoisotopic (exact) mass is 368 g/mol. The Morgan fingerprint density at radius 3 is 2.63 bits per heavy atom. The summed E-state index contributed by atoms with van der Waals surface area (Å²) in [5, 5.41) is 17.9. The second-order valence-corrected chi connectivity index (χ2v) is 5.47. The van der Waals surface area contributed by atoms with Gasteiger partial charge in [-0.1, -0.05) is 0 Å². The standard InChI is InChI=1S/C16H12N6O5/c23-16(20-10-1-2-15(18-7-10)21-9-17-8-19-21)11-5-13-14(27-4-3-26-13)6-12(11)22(24)25/h1-2,5-9H,3-4H2,(H,20,23). The van der Waals surface area contributed by atoms with Crippen LogP contribution in [0.4, 0.5) is 11.4 Å². The third-order valence-electron chi connectivity index (χ3n) is 3.76. The smallest absolute Gasteiger partial charge is 0.286 e. The number of aromatic nitrogens is 4. The van der Waals surface area contributed by atoms with Crippen LogP contribution >= 0.6 is 0 Å². The zero-order valence-electron chi connectivity index (χ0n) is 13.7. The number of anilines is 1. The molecule has 0 unspecified atom stereocenters. The average Bonchev–Trinajstić information content (AvgIpc) is 3.22. The fourth-order valence-electron chi connectivity index (χ4n) is 2.53. The van der Waals surface area contributed by atoms with Gasteiger partial charge in [-0.15, -0.1) is 0 Å². The summed E-state index contributed by atoms with van der Waals surface area (Å²) in [6, 6.07) is 5.73. The van der Waals surface area contributed by atoms with Crippen LogP contribution in [0.25, 0.3) is 5.82 Å². The predicted octanol–water partition coefficient (Wildman–Crippen LogP) is 1.59. The Labute approximate surface area is 151 Å². The number of hydrogen-bond acceptors (Lipinski definition) is 8. The molecule has 0 saturated carbocycles. The van der Waals surface area contributed by atoms with Gasteiger partial charge in [-0.3, -0.25) is 14.9 Å². The lowest BCUT2D eigenvalue weighted by Crippen LogP contribution is -2.18. The van der Waals surface area contributed by atoms with Gasteiger partial charge in [-0.2, -0.15) is 5.10 Å². The Bertz CT molecular complexity index is 1000. The summed E-state index contributed by atoms with van der Waals surface area (Å²) in [4.78, 5) is 31.3. The molecule has 1 aromatic carbocycles. The molecule has 0 saturated heterocycles. The zero-order chi connectivity index (χ0) is 18.8. The van der Waals surface area contributed by atoms with E-state index in [1.165, 1.54) is 35.7 Å². The van der Waals surface area contributed by atoms with Crippen molar-refractivity contribution in [1.82, 2.24) is 19.7 Å². The predicted molar refractivity (Wildman–Crippen MR) is 91.2 cm³/mol. The number of nitrogens with zero attached hydrogens (tertiary/aromatic N) is 5. The maximum absolute atomic E-state index is 12.6. The molecule has 27 heavy (non-hydrogen) atoms. The average molecular weight is 368 g/mol. The second-order valence-electron chi connectivity index (χ2n) is 5.47. The van der Waals surface area contributed by atoms with Crippen molar-refractivity contribution in [1.29, 1.82) is 0 Å². The van der Waals surface area contributed by atoms with Gasteiger partial charge in [0.05, 0.1) is 22.9 Å². The van der Waals surface area contributed by atoms with E-state index in [4.69, 9.17) is 9.47 Å². The molecule has 1 amide bonds. The SMILES string of the molecule is O=C(Nc1ccc(-n2cncn2)nc1)c1cc2c(cc1[N+](=O)[O-])OCCO2.